The Balaban J connectivity index is 1.99. The van der Waals surface area contributed by atoms with Crippen LogP contribution in [0, 0.1) is 0 Å². The Bertz CT molecular complexity index is 163. The molecule has 2 aliphatic rings. The lowest BCUT2D eigenvalue weighted by atomic mass is 10.1. The first kappa shape index (κ1) is 7.27. The van der Waals surface area contributed by atoms with Crippen LogP contribution in [0.1, 0.15) is 25.7 Å². The molecule has 1 spiro atoms. The Labute approximate surface area is 71.1 Å². The third-order valence-corrected chi connectivity index (χ3v) is 2.49. The molecule has 0 radical (unpaired) electrons. The van der Waals surface area contributed by atoms with E-state index in [2.05, 4.69) is 21.7 Å². The number of hydrogen-bond acceptors (Lipinski definition) is 3. The molecule has 0 amide bonds. The van der Waals surface area contributed by atoms with Gasteiger partial charge in [-0.3, -0.25) is 10.9 Å². The normalized spacial score (nSPS) is 28.2. The minimum atomic E-state index is 0.0440. The van der Waals surface area contributed by atoms with Gasteiger partial charge in [0.05, 0.1) is 0 Å². The van der Waals surface area contributed by atoms with Gasteiger partial charge < -0.3 is 0 Å². The van der Waals surface area contributed by atoms with E-state index in [1.807, 2.05) is 0 Å². The molecule has 62 valence electrons. The average Bonchev–Trinajstić information content (AvgIpc) is 2.45. The zero-order chi connectivity index (χ0) is 7.73. The average molecular weight is 172 g/mol. The molecule has 11 heavy (non-hydrogen) atoms. The highest BCUT2D eigenvalue weighted by Crippen LogP contribution is 2.26. The molecule has 0 bridgehead atoms. The van der Waals surface area contributed by atoms with Crippen LogP contribution in [0.25, 0.3) is 0 Å². The van der Waals surface area contributed by atoms with Crippen molar-refractivity contribution in [3.05, 3.63) is 0 Å². The first-order valence-electron chi connectivity index (χ1n) is 3.91. The summed E-state index contributed by atoms with van der Waals surface area (Å²) in [5.74, 6) is 0. The number of hydrazine groups is 2. The summed E-state index contributed by atoms with van der Waals surface area (Å²) in [5.41, 5.74) is 12.2. The molecule has 0 aromatic carbocycles. The van der Waals surface area contributed by atoms with Crippen LogP contribution in [0.3, 0.4) is 0 Å². The van der Waals surface area contributed by atoms with Crippen molar-refractivity contribution in [2.24, 2.45) is 0 Å². The monoisotopic (exact) mass is 172 g/mol. The van der Waals surface area contributed by atoms with E-state index in [9.17, 15) is 0 Å². The van der Waals surface area contributed by atoms with Crippen LogP contribution in [0.15, 0.2) is 0 Å². The lowest BCUT2D eigenvalue weighted by molar-refractivity contribution is 0.209. The van der Waals surface area contributed by atoms with E-state index in [1.165, 1.54) is 12.8 Å². The molecule has 1 aliphatic carbocycles. The largest absolute Gasteiger partial charge is 0.295 e. The summed E-state index contributed by atoms with van der Waals surface area (Å²) >= 11 is 4.88. The summed E-state index contributed by atoms with van der Waals surface area (Å²) in [4.78, 5) is 0. The van der Waals surface area contributed by atoms with Crippen molar-refractivity contribution in [3.8, 4) is 0 Å². The Morgan fingerprint density at radius 2 is 1.64 bits per heavy atom. The molecule has 1 saturated carbocycles. The quantitative estimate of drug-likeness (QED) is 0.379. The smallest absolute Gasteiger partial charge is 0.195 e. The molecule has 2 fully saturated rings. The van der Waals surface area contributed by atoms with Gasteiger partial charge in [-0.15, -0.1) is 0 Å². The molecule has 4 N–H and O–H groups in total. The lowest BCUT2D eigenvalue weighted by Crippen LogP contribution is -2.72. The Hall–Kier alpha value is -0.390. The van der Waals surface area contributed by atoms with Gasteiger partial charge in [-0.05, 0) is 25.1 Å². The fourth-order valence-electron chi connectivity index (χ4n) is 1.64. The Kier molecular flexibility index (Phi) is 1.71. The van der Waals surface area contributed by atoms with Crippen LogP contribution < -0.4 is 21.7 Å². The highest BCUT2D eigenvalue weighted by atomic mass is 32.1. The molecule has 1 heterocycles. The summed E-state index contributed by atoms with van der Waals surface area (Å²) in [6, 6.07) is 0. The molecule has 0 atom stereocenters. The van der Waals surface area contributed by atoms with Crippen molar-refractivity contribution in [1.82, 2.24) is 21.7 Å². The zero-order valence-electron chi connectivity index (χ0n) is 6.24. The van der Waals surface area contributed by atoms with Crippen LogP contribution in [0.4, 0.5) is 0 Å². The van der Waals surface area contributed by atoms with E-state index in [1.54, 1.807) is 0 Å². The van der Waals surface area contributed by atoms with Crippen molar-refractivity contribution < 1.29 is 0 Å². The van der Waals surface area contributed by atoms with Gasteiger partial charge in [0, 0.05) is 0 Å². The van der Waals surface area contributed by atoms with Crippen molar-refractivity contribution in [1.29, 1.82) is 0 Å². The van der Waals surface area contributed by atoms with Crippen LogP contribution in [0.5, 0.6) is 0 Å². The van der Waals surface area contributed by atoms with Crippen LogP contribution >= 0.6 is 12.2 Å². The van der Waals surface area contributed by atoms with E-state index >= 15 is 0 Å². The second kappa shape index (κ2) is 2.58. The minimum absolute atomic E-state index is 0.0440. The molecule has 0 unspecified atom stereocenters. The fraction of sp³-hybridized carbons (Fsp3) is 0.833. The summed E-state index contributed by atoms with van der Waals surface area (Å²) in [6.07, 6.45) is 4.84. The number of rotatable bonds is 0. The van der Waals surface area contributed by atoms with Gasteiger partial charge in [-0.25, -0.2) is 10.9 Å². The maximum Gasteiger partial charge on any atom is 0.195 e. The van der Waals surface area contributed by atoms with Crippen LogP contribution in [-0.2, 0) is 0 Å². The molecule has 1 aliphatic heterocycles. The molecule has 5 heteroatoms. The number of hydrogen-bond donors (Lipinski definition) is 4. The van der Waals surface area contributed by atoms with Gasteiger partial charge in [0.15, 0.2) is 5.11 Å². The van der Waals surface area contributed by atoms with Gasteiger partial charge >= 0.3 is 0 Å². The standard InChI is InChI=1S/C6H12N4S/c11-5-7-9-6(10-8-5)3-1-2-4-6/h9-10H,1-4H2,(H2,7,8,11). The summed E-state index contributed by atoms with van der Waals surface area (Å²) in [5, 5.41) is 0.613. The first-order valence-corrected chi connectivity index (χ1v) is 4.32. The molecule has 2 rings (SSSR count). The maximum atomic E-state index is 4.88. The number of nitrogens with one attached hydrogen (secondary N) is 4. The summed E-state index contributed by atoms with van der Waals surface area (Å²) in [7, 11) is 0. The van der Waals surface area contributed by atoms with Gasteiger partial charge in [-0.2, -0.15) is 0 Å². The van der Waals surface area contributed by atoms with E-state index in [-0.39, 0.29) is 5.66 Å². The van der Waals surface area contributed by atoms with Gasteiger partial charge in [-0.1, -0.05) is 12.8 Å². The molecular weight excluding hydrogens is 160 g/mol. The Morgan fingerprint density at radius 3 is 2.18 bits per heavy atom. The van der Waals surface area contributed by atoms with E-state index < -0.39 is 0 Å². The predicted molar refractivity (Wildman–Crippen MR) is 46.3 cm³/mol. The van der Waals surface area contributed by atoms with Crippen molar-refractivity contribution in [2.45, 2.75) is 31.3 Å². The van der Waals surface area contributed by atoms with Gasteiger partial charge in [0.25, 0.3) is 0 Å². The first-order chi connectivity index (χ1) is 5.31. The molecule has 0 aromatic heterocycles. The van der Waals surface area contributed by atoms with Crippen molar-refractivity contribution >= 4 is 17.3 Å². The minimum Gasteiger partial charge on any atom is -0.295 e. The topological polar surface area (TPSA) is 48.1 Å². The van der Waals surface area contributed by atoms with Crippen molar-refractivity contribution in [3.63, 3.8) is 0 Å². The van der Waals surface area contributed by atoms with Gasteiger partial charge in [0.1, 0.15) is 5.66 Å². The van der Waals surface area contributed by atoms with Crippen LogP contribution in [-0.4, -0.2) is 10.8 Å². The third-order valence-electron chi connectivity index (χ3n) is 2.29. The van der Waals surface area contributed by atoms with E-state index in [0.717, 1.165) is 12.8 Å². The zero-order valence-corrected chi connectivity index (χ0v) is 7.05. The highest BCUT2D eigenvalue weighted by Gasteiger charge is 2.35. The van der Waals surface area contributed by atoms with E-state index in [0.29, 0.717) is 5.11 Å². The predicted octanol–water partition coefficient (Wildman–Crippen LogP) is -0.256. The SMILES string of the molecule is S=C1NNC2(CCCC2)NN1. The highest BCUT2D eigenvalue weighted by molar-refractivity contribution is 7.80. The second-order valence-corrected chi connectivity index (χ2v) is 3.53. The number of thiocarbonyl (C=S) groups is 1. The lowest BCUT2D eigenvalue weighted by Gasteiger charge is -2.37. The van der Waals surface area contributed by atoms with Crippen LogP contribution in [0.2, 0.25) is 0 Å². The Morgan fingerprint density at radius 1 is 1.09 bits per heavy atom. The van der Waals surface area contributed by atoms with E-state index in [4.69, 9.17) is 12.2 Å². The summed E-state index contributed by atoms with van der Waals surface area (Å²) in [6.45, 7) is 0. The second-order valence-electron chi connectivity index (χ2n) is 3.12. The third kappa shape index (κ3) is 1.31. The molecular formula is C6H12N4S. The molecule has 1 saturated heterocycles. The molecule has 4 nitrogen and oxygen atoms in total. The van der Waals surface area contributed by atoms with Crippen molar-refractivity contribution in [2.75, 3.05) is 0 Å². The summed E-state index contributed by atoms with van der Waals surface area (Å²) < 4.78 is 0. The maximum absolute atomic E-state index is 4.88. The molecule has 0 aromatic rings. The fourth-order valence-corrected chi connectivity index (χ4v) is 1.75. The van der Waals surface area contributed by atoms with Gasteiger partial charge in [0.2, 0.25) is 0 Å².